The normalized spacial score (nSPS) is 18.4. The molecular weight excluding hydrogens is 354 g/mol. The smallest absolute Gasteiger partial charge is 0.277 e. The summed E-state index contributed by atoms with van der Waals surface area (Å²) in [5.74, 6) is 0.464. The predicted molar refractivity (Wildman–Crippen MR) is 110 cm³/mol. The van der Waals surface area contributed by atoms with Gasteiger partial charge in [-0.05, 0) is 37.6 Å². The number of imide groups is 1. The Hall–Kier alpha value is -2.34. The van der Waals surface area contributed by atoms with Crippen LogP contribution in [-0.4, -0.2) is 72.9 Å². The molecule has 1 aromatic carbocycles. The van der Waals surface area contributed by atoms with Gasteiger partial charge in [0.2, 0.25) is 0 Å². The van der Waals surface area contributed by atoms with E-state index in [2.05, 4.69) is 30.7 Å². The predicted octanol–water partition coefficient (Wildman–Crippen LogP) is 2.60. The molecule has 2 aliphatic heterocycles. The molecule has 28 heavy (non-hydrogen) atoms. The van der Waals surface area contributed by atoms with Crippen LogP contribution in [0.25, 0.3) is 5.57 Å². The lowest BCUT2D eigenvalue weighted by molar-refractivity contribution is -0.137. The van der Waals surface area contributed by atoms with E-state index in [1.807, 2.05) is 24.3 Å². The van der Waals surface area contributed by atoms with Gasteiger partial charge >= 0.3 is 0 Å². The summed E-state index contributed by atoms with van der Waals surface area (Å²) in [6.45, 7) is 8.56. The first kappa shape index (κ1) is 20.4. The number of carbonyl (C=O) groups excluding carboxylic acids is 2. The van der Waals surface area contributed by atoms with Crippen molar-refractivity contribution in [1.82, 2.24) is 14.7 Å². The van der Waals surface area contributed by atoms with Crippen LogP contribution in [0.15, 0.2) is 30.0 Å². The number of carbonyl (C=O) groups is 2. The third-order valence-corrected chi connectivity index (χ3v) is 5.31. The van der Waals surface area contributed by atoms with Gasteiger partial charge in [-0.15, -0.1) is 0 Å². The number of likely N-dealkylation sites (N-methyl/N-ethyl adjacent to an activating group) is 1. The zero-order chi connectivity index (χ0) is 20.1. The van der Waals surface area contributed by atoms with Gasteiger partial charge < -0.3 is 14.5 Å². The first-order chi connectivity index (χ1) is 13.6. The monoisotopic (exact) mass is 385 g/mol. The second-order valence-corrected chi connectivity index (χ2v) is 7.50. The minimum atomic E-state index is -0.172. The number of hydrogen-bond donors (Lipinski definition) is 0. The van der Waals surface area contributed by atoms with Crippen LogP contribution in [0.4, 0.5) is 0 Å². The molecule has 0 aromatic heterocycles. The topological polar surface area (TPSA) is 53.1 Å². The highest BCUT2D eigenvalue weighted by Gasteiger charge is 2.41. The van der Waals surface area contributed by atoms with Gasteiger partial charge in [0, 0.05) is 32.7 Å². The van der Waals surface area contributed by atoms with Gasteiger partial charge in [-0.1, -0.05) is 32.4 Å². The van der Waals surface area contributed by atoms with E-state index >= 15 is 0 Å². The lowest BCUT2D eigenvalue weighted by atomic mass is 10.0. The summed E-state index contributed by atoms with van der Waals surface area (Å²) >= 11 is 0. The first-order valence-electron chi connectivity index (χ1n) is 10.3. The van der Waals surface area contributed by atoms with Crippen LogP contribution in [0.5, 0.6) is 5.75 Å². The van der Waals surface area contributed by atoms with Crippen molar-refractivity contribution < 1.29 is 14.3 Å². The number of rotatable bonds is 8. The molecule has 2 aliphatic rings. The molecule has 0 spiro atoms. The minimum Gasteiger partial charge on any atom is -0.494 e. The van der Waals surface area contributed by atoms with Gasteiger partial charge in [0.25, 0.3) is 11.8 Å². The van der Waals surface area contributed by atoms with Crippen molar-refractivity contribution in [1.29, 1.82) is 0 Å². The highest BCUT2D eigenvalue weighted by Crippen LogP contribution is 2.33. The lowest BCUT2D eigenvalue weighted by Gasteiger charge is -2.34. The maximum absolute atomic E-state index is 13.2. The number of unbranched alkanes of at least 4 members (excludes halogenated alkanes) is 1. The summed E-state index contributed by atoms with van der Waals surface area (Å²) in [5, 5.41) is 0. The minimum absolute atomic E-state index is 0.149. The second kappa shape index (κ2) is 9.24. The van der Waals surface area contributed by atoms with E-state index in [0.717, 1.165) is 56.8 Å². The molecule has 1 aromatic rings. The van der Waals surface area contributed by atoms with Crippen molar-refractivity contribution in [2.24, 2.45) is 0 Å². The number of ether oxygens (including phenoxy) is 1. The summed E-state index contributed by atoms with van der Waals surface area (Å²) in [4.78, 5) is 32.1. The van der Waals surface area contributed by atoms with Crippen LogP contribution in [0.3, 0.4) is 0 Å². The van der Waals surface area contributed by atoms with E-state index in [-0.39, 0.29) is 11.8 Å². The van der Waals surface area contributed by atoms with Crippen molar-refractivity contribution >= 4 is 17.4 Å². The maximum Gasteiger partial charge on any atom is 0.277 e. The fourth-order valence-electron chi connectivity index (χ4n) is 3.60. The molecule has 3 rings (SSSR count). The largest absolute Gasteiger partial charge is 0.494 e. The van der Waals surface area contributed by atoms with Crippen LogP contribution in [0, 0.1) is 0 Å². The molecule has 6 nitrogen and oxygen atoms in total. The Bertz CT molecular complexity index is 734. The Kier molecular flexibility index (Phi) is 6.73. The zero-order valence-corrected chi connectivity index (χ0v) is 17.2. The molecule has 2 amide bonds. The molecule has 1 fully saturated rings. The second-order valence-electron chi connectivity index (χ2n) is 7.50. The summed E-state index contributed by atoms with van der Waals surface area (Å²) in [5.41, 5.74) is 1.89. The van der Waals surface area contributed by atoms with Gasteiger partial charge in [0.15, 0.2) is 0 Å². The molecule has 0 saturated carbocycles. The van der Waals surface area contributed by atoms with E-state index in [0.29, 0.717) is 24.4 Å². The summed E-state index contributed by atoms with van der Waals surface area (Å²) in [7, 11) is 2.08. The molecule has 0 bridgehead atoms. The molecule has 1 saturated heterocycles. The third kappa shape index (κ3) is 4.22. The fraction of sp³-hybridized carbons (Fsp3) is 0.545. The van der Waals surface area contributed by atoms with Crippen molar-refractivity contribution in [2.75, 3.05) is 46.4 Å². The summed E-state index contributed by atoms with van der Waals surface area (Å²) in [6.07, 6.45) is 2.71. The van der Waals surface area contributed by atoms with Crippen LogP contribution in [0.1, 0.15) is 38.7 Å². The fourth-order valence-corrected chi connectivity index (χ4v) is 3.60. The van der Waals surface area contributed by atoms with Gasteiger partial charge in [0.05, 0.1) is 12.2 Å². The molecule has 0 radical (unpaired) electrons. The quantitative estimate of drug-likeness (QED) is 0.644. The van der Waals surface area contributed by atoms with Gasteiger partial charge in [-0.2, -0.15) is 0 Å². The number of benzene rings is 1. The number of hydrogen-bond acceptors (Lipinski definition) is 5. The van der Waals surface area contributed by atoms with Gasteiger partial charge in [-0.25, -0.2) is 0 Å². The van der Waals surface area contributed by atoms with Crippen LogP contribution >= 0.6 is 0 Å². The molecule has 0 N–H and O–H groups in total. The Labute approximate surface area is 167 Å². The highest BCUT2D eigenvalue weighted by atomic mass is 16.5. The van der Waals surface area contributed by atoms with Crippen molar-refractivity contribution in [3.05, 3.63) is 35.5 Å². The van der Waals surface area contributed by atoms with E-state index < -0.39 is 0 Å². The Morgan fingerprint density at radius 2 is 1.61 bits per heavy atom. The van der Waals surface area contributed by atoms with Crippen molar-refractivity contribution in [2.45, 2.75) is 33.1 Å². The van der Waals surface area contributed by atoms with E-state index in [9.17, 15) is 9.59 Å². The molecule has 6 heteroatoms. The van der Waals surface area contributed by atoms with Crippen LogP contribution in [-0.2, 0) is 9.59 Å². The molecule has 0 atom stereocenters. The summed E-state index contributed by atoms with van der Waals surface area (Å²) in [6, 6.07) is 7.55. The van der Waals surface area contributed by atoms with Crippen LogP contribution < -0.4 is 4.74 Å². The van der Waals surface area contributed by atoms with Crippen molar-refractivity contribution in [3.8, 4) is 5.75 Å². The number of nitrogens with zero attached hydrogens (tertiary/aromatic N) is 3. The number of amides is 2. The average Bonchev–Trinajstić information content (AvgIpc) is 2.96. The van der Waals surface area contributed by atoms with Gasteiger partial charge in [-0.3, -0.25) is 14.5 Å². The van der Waals surface area contributed by atoms with Crippen molar-refractivity contribution in [3.63, 3.8) is 0 Å². The highest BCUT2D eigenvalue weighted by molar-refractivity contribution is 6.35. The van der Waals surface area contributed by atoms with Crippen LogP contribution in [0.2, 0.25) is 0 Å². The molecule has 0 unspecified atom stereocenters. The van der Waals surface area contributed by atoms with E-state index in [4.69, 9.17) is 4.74 Å². The summed E-state index contributed by atoms with van der Waals surface area (Å²) < 4.78 is 5.66. The SMILES string of the molecule is CCCCN1C(=O)C(c2ccc(OCCC)cc2)=C(N2CCN(C)CC2)C1=O. The third-order valence-electron chi connectivity index (χ3n) is 5.31. The first-order valence-corrected chi connectivity index (χ1v) is 10.3. The molecular formula is C22H31N3O3. The standard InChI is InChI=1S/C22H31N3O3/c1-4-6-11-25-21(26)19(17-7-9-18(10-8-17)28-16-5-2)20(22(25)27)24-14-12-23(3)13-15-24/h7-10H,4-6,11-16H2,1-3H3. The Morgan fingerprint density at radius 1 is 0.929 bits per heavy atom. The lowest BCUT2D eigenvalue weighted by Crippen LogP contribution is -2.46. The maximum atomic E-state index is 13.2. The van der Waals surface area contributed by atoms with Gasteiger partial charge in [0.1, 0.15) is 11.4 Å². The molecule has 2 heterocycles. The Morgan fingerprint density at radius 3 is 2.21 bits per heavy atom. The Balaban J connectivity index is 1.93. The molecule has 0 aliphatic carbocycles. The zero-order valence-electron chi connectivity index (χ0n) is 17.2. The average molecular weight is 386 g/mol. The number of piperazine rings is 1. The van der Waals surface area contributed by atoms with E-state index in [1.165, 1.54) is 4.90 Å². The van der Waals surface area contributed by atoms with E-state index in [1.54, 1.807) is 0 Å². The molecule has 152 valence electrons.